The molecule has 0 saturated heterocycles. The van der Waals surface area contributed by atoms with E-state index in [1.165, 1.54) is 23.1 Å². The molecule has 0 aliphatic carbocycles. The first-order chi connectivity index (χ1) is 17.9. The van der Waals surface area contributed by atoms with Crippen LogP contribution in [0.4, 0.5) is 4.39 Å². The van der Waals surface area contributed by atoms with Crippen LogP contribution in [0.3, 0.4) is 0 Å². The van der Waals surface area contributed by atoms with E-state index >= 15 is 4.39 Å². The zero-order valence-electron chi connectivity index (χ0n) is 19.7. The van der Waals surface area contributed by atoms with Crippen LogP contribution in [0.1, 0.15) is 18.2 Å². The fraction of sp³-hybridized carbons (Fsp3) is 0.217. The largest absolute Gasteiger partial charge is 0.618 e. The summed E-state index contributed by atoms with van der Waals surface area (Å²) in [6.07, 6.45) is 8.32. The van der Waals surface area contributed by atoms with Crippen molar-refractivity contribution < 1.29 is 13.9 Å². The Hall–Kier alpha value is -3.87. The zero-order valence-corrected chi connectivity index (χ0v) is 21.2. The van der Waals surface area contributed by atoms with Gasteiger partial charge in [0.15, 0.2) is 17.2 Å². The third-order valence-corrected chi connectivity index (χ3v) is 6.35. The van der Waals surface area contributed by atoms with Crippen molar-refractivity contribution in [2.75, 3.05) is 13.7 Å². The van der Waals surface area contributed by atoms with Gasteiger partial charge in [-0.15, -0.1) is 10.2 Å². The van der Waals surface area contributed by atoms with Crippen LogP contribution < -0.4 is 4.73 Å². The molecule has 4 heterocycles. The lowest BCUT2D eigenvalue weighted by Crippen LogP contribution is -2.36. The minimum Gasteiger partial charge on any atom is -0.618 e. The number of hydrogen-bond donors (Lipinski definition) is 0. The molecule has 1 atom stereocenters. The molecule has 0 N–H and O–H groups in total. The Labute approximate surface area is 220 Å². The van der Waals surface area contributed by atoms with E-state index in [4.69, 9.17) is 27.9 Å². The highest BCUT2D eigenvalue weighted by atomic mass is 35.5. The molecule has 37 heavy (non-hydrogen) atoms. The van der Waals surface area contributed by atoms with Crippen LogP contribution in [0.25, 0.3) is 28.1 Å². The Morgan fingerprint density at radius 2 is 1.95 bits per heavy atom. The van der Waals surface area contributed by atoms with Gasteiger partial charge in [0.05, 0.1) is 46.1 Å². The summed E-state index contributed by atoms with van der Waals surface area (Å²) in [5.41, 5.74) is 2.68. The highest BCUT2D eigenvalue weighted by Gasteiger charge is 2.26. The highest BCUT2D eigenvalue weighted by Crippen LogP contribution is 2.34. The third-order valence-electron chi connectivity index (χ3n) is 5.89. The predicted molar refractivity (Wildman–Crippen MR) is 133 cm³/mol. The summed E-state index contributed by atoms with van der Waals surface area (Å²) < 4.78 is 25.9. The molecule has 0 aliphatic rings. The van der Waals surface area contributed by atoms with Gasteiger partial charge < -0.3 is 9.94 Å². The topological polar surface area (TPSA) is 115 Å². The second-order valence-electron chi connectivity index (χ2n) is 8.16. The number of aryl methyl sites for hydroxylation is 1. The Kier molecular flexibility index (Phi) is 6.87. The molecule has 0 amide bonds. The monoisotopic (exact) mass is 543 g/mol. The van der Waals surface area contributed by atoms with Gasteiger partial charge in [0.25, 0.3) is 0 Å². The van der Waals surface area contributed by atoms with Crippen molar-refractivity contribution in [1.82, 2.24) is 39.8 Å². The second kappa shape index (κ2) is 10.2. The number of methoxy groups -OCH3 is 1. The van der Waals surface area contributed by atoms with Crippen molar-refractivity contribution in [3.8, 4) is 28.1 Å². The Balaban J connectivity index is 1.56. The lowest BCUT2D eigenvalue weighted by atomic mass is 10.0. The minimum absolute atomic E-state index is 0.0868. The van der Waals surface area contributed by atoms with Crippen LogP contribution in [-0.2, 0) is 11.8 Å². The molecule has 11 nitrogen and oxygen atoms in total. The molecule has 0 aliphatic heterocycles. The van der Waals surface area contributed by atoms with Crippen LogP contribution in [0.2, 0.25) is 10.2 Å². The van der Waals surface area contributed by atoms with Gasteiger partial charge in [0.1, 0.15) is 6.04 Å². The van der Waals surface area contributed by atoms with Crippen LogP contribution in [0.15, 0.2) is 55.2 Å². The first-order valence-corrected chi connectivity index (χ1v) is 11.8. The number of hydrogen-bond acceptors (Lipinski definition) is 7. The Morgan fingerprint density at radius 3 is 2.62 bits per heavy atom. The van der Waals surface area contributed by atoms with Gasteiger partial charge in [-0.3, -0.25) is 4.68 Å². The van der Waals surface area contributed by atoms with E-state index in [2.05, 4.69) is 25.7 Å². The molecule has 4 aromatic heterocycles. The van der Waals surface area contributed by atoms with Gasteiger partial charge in [-0.25, -0.2) is 13.8 Å². The molecule has 0 fully saturated rings. The molecule has 5 aromatic rings. The highest BCUT2D eigenvalue weighted by molar-refractivity contribution is 6.31. The number of rotatable bonds is 8. The summed E-state index contributed by atoms with van der Waals surface area (Å²) in [6.45, 7) is 0.384. The maximum Gasteiger partial charge on any atom is 0.217 e. The maximum absolute atomic E-state index is 15.3. The molecule has 14 heteroatoms. The molecule has 5 rings (SSSR count). The quantitative estimate of drug-likeness (QED) is 0.216. The van der Waals surface area contributed by atoms with Crippen molar-refractivity contribution in [1.29, 1.82) is 0 Å². The summed E-state index contributed by atoms with van der Waals surface area (Å²) >= 11 is 12.0. The van der Waals surface area contributed by atoms with Crippen LogP contribution in [0.5, 0.6) is 0 Å². The van der Waals surface area contributed by atoms with Crippen LogP contribution in [-0.4, -0.2) is 53.5 Å². The van der Waals surface area contributed by atoms with Crippen LogP contribution in [0, 0.1) is 11.0 Å². The maximum atomic E-state index is 15.3. The number of pyridine rings is 1. The fourth-order valence-electron chi connectivity index (χ4n) is 4.10. The first-order valence-electron chi connectivity index (χ1n) is 11.0. The SMILES string of the molecule is COCC[C@H](c1ccc(-c2c(-n3cc(Cl)nn3)ccc(Cl)c2F)c[n+]1[O-])n1cc(-c2cnnn2C)cn1. The summed E-state index contributed by atoms with van der Waals surface area (Å²) in [5, 5.41) is 33.4. The summed E-state index contributed by atoms with van der Waals surface area (Å²) in [6, 6.07) is 5.80. The second-order valence-corrected chi connectivity index (χ2v) is 8.95. The number of benzene rings is 1. The molecule has 190 valence electrons. The Morgan fingerprint density at radius 1 is 1.11 bits per heavy atom. The van der Waals surface area contributed by atoms with E-state index in [-0.39, 0.29) is 15.7 Å². The summed E-state index contributed by atoms with van der Waals surface area (Å²) in [4.78, 5) is 0. The third kappa shape index (κ3) is 4.78. The van der Waals surface area contributed by atoms with Crippen LogP contribution >= 0.6 is 23.2 Å². The van der Waals surface area contributed by atoms with E-state index in [1.54, 1.807) is 54.1 Å². The van der Waals surface area contributed by atoms with E-state index in [9.17, 15) is 5.21 Å². The number of nitrogens with zero attached hydrogens (tertiary/aromatic N) is 9. The van der Waals surface area contributed by atoms with Crippen molar-refractivity contribution in [3.05, 3.63) is 82.1 Å². The average molecular weight is 544 g/mol. The van der Waals surface area contributed by atoms with Gasteiger partial charge in [-0.1, -0.05) is 33.6 Å². The first kappa shape index (κ1) is 24.8. The van der Waals surface area contributed by atoms with E-state index in [0.717, 1.165) is 11.3 Å². The standard InChI is InChI=1S/C23H20Cl2FN9O2/c1-32-20(10-27-30-32)15-9-28-33(11-15)17(7-8-37-2)18-5-3-14(12-35(18)36)22-19(6-4-16(24)23(22)26)34-13-21(25)29-31-34/h3-6,9-13,17H,7-8H2,1-2H3/t17-/m1/s1. The molecule has 1 aromatic carbocycles. The van der Waals surface area contributed by atoms with E-state index in [1.807, 2.05) is 6.20 Å². The predicted octanol–water partition coefficient (Wildman–Crippen LogP) is 3.63. The molecule has 0 unspecified atom stereocenters. The van der Waals surface area contributed by atoms with Crippen molar-refractivity contribution in [3.63, 3.8) is 0 Å². The number of aromatic nitrogens is 9. The van der Waals surface area contributed by atoms with Gasteiger partial charge in [0, 0.05) is 45.0 Å². The number of ether oxygens (including phenoxy) is 1. The van der Waals surface area contributed by atoms with E-state index in [0.29, 0.717) is 34.7 Å². The van der Waals surface area contributed by atoms with Gasteiger partial charge in [-0.05, 0) is 18.2 Å². The Bertz CT molecular complexity index is 1570. The molecule has 0 spiro atoms. The molecule has 0 radical (unpaired) electrons. The fourth-order valence-corrected chi connectivity index (χ4v) is 4.39. The molecule has 0 bridgehead atoms. The molecular weight excluding hydrogens is 524 g/mol. The van der Waals surface area contributed by atoms with Crippen molar-refractivity contribution in [2.24, 2.45) is 7.05 Å². The smallest absolute Gasteiger partial charge is 0.217 e. The number of halogens is 3. The summed E-state index contributed by atoms with van der Waals surface area (Å²) in [5.74, 6) is -0.698. The van der Waals surface area contributed by atoms with Gasteiger partial charge >= 0.3 is 0 Å². The van der Waals surface area contributed by atoms with Crippen molar-refractivity contribution in [2.45, 2.75) is 12.5 Å². The van der Waals surface area contributed by atoms with Gasteiger partial charge in [-0.2, -0.15) is 9.83 Å². The van der Waals surface area contributed by atoms with Gasteiger partial charge in [0.2, 0.25) is 5.69 Å². The zero-order chi connectivity index (χ0) is 26.1. The lowest BCUT2D eigenvalue weighted by Gasteiger charge is -2.18. The average Bonchev–Trinajstić information content (AvgIpc) is 3.63. The normalized spacial score (nSPS) is 12.2. The summed E-state index contributed by atoms with van der Waals surface area (Å²) in [7, 11) is 3.37. The lowest BCUT2D eigenvalue weighted by molar-refractivity contribution is -0.615. The van der Waals surface area contributed by atoms with E-state index < -0.39 is 11.9 Å². The minimum atomic E-state index is -0.698. The molecule has 0 saturated carbocycles. The molecular formula is C23H20Cl2FN9O2. The van der Waals surface area contributed by atoms with Crippen molar-refractivity contribution >= 4 is 23.2 Å².